The van der Waals surface area contributed by atoms with Gasteiger partial charge in [-0.15, -0.1) is 0 Å². The predicted octanol–water partition coefficient (Wildman–Crippen LogP) is 0.470. The fourth-order valence-electron chi connectivity index (χ4n) is 2.21. The van der Waals surface area contributed by atoms with Crippen LogP contribution in [0, 0.1) is 11.8 Å². The van der Waals surface area contributed by atoms with Gasteiger partial charge in [0.1, 0.15) is 6.04 Å². The van der Waals surface area contributed by atoms with Crippen molar-refractivity contribution in [1.29, 1.82) is 0 Å². The van der Waals surface area contributed by atoms with Crippen LogP contribution in [0.1, 0.15) is 33.6 Å². The van der Waals surface area contributed by atoms with Gasteiger partial charge in [0.25, 0.3) is 0 Å². The van der Waals surface area contributed by atoms with Crippen molar-refractivity contribution >= 4 is 17.8 Å². The van der Waals surface area contributed by atoms with Crippen molar-refractivity contribution in [3.63, 3.8) is 0 Å². The number of nitrogens with zero attached hydrogens (tertiary/aromatic N) is 1. The zero-order valence-electron chi connectivity index (χ0n) is 11.7. The topological polar surface area (TPSA) is 86.7 Å². The average Bonchev–Trinajstić information content (AvgIpc) is 2.75. The first kappa shape index (κ1) is 15.5. The molecule has 2 N–H and O–H groups in total. The fourth-order valence-corrected chi connectivity index (χ4v) is 2.21. The zero-order chi connectivity index (χ0) is 14.6. The summed E-state index contributed by atoms with van der Waals surface area (Å²) in [4.78, 5) is 36.4. The molecule has 0 radical (unpaired) electrons. The van der Waals surface area contributed by atoms with Gasteiger partial charge in [-0.1, -0.05) is 20.3 Å². The standard InChI is InChI=1S/C13H22N2O4/c1-4-8(3)11(13(18)19)14-12(17)9-6-10(16)15(5-2)7-9/h8-9,11H,4-7H2,1-3H3,(H,14,17)(H,18,19)/t8?,9?,11-/m0/s1. The highest BCUT2D eigenvalue weighted by Crippen LogP contribution is 2.18. The molecule has 0 spiro atoms. The number of amides is 2. The Kier molecular flexibility index (Phi) is 5.32. The van der Waals surface area contributed by atoms with Gasteiger partial charge < -0.3 is 15.3 Å². The number of likely N-dealkylation sites (tertiary alicyclic amines) is 1. The number of carboxylic acid groups (broad SMARTS) is 1. The molecule has 0 saturated carbocycles. The van der Waals surface area contributed by atoms with E-state index >= 15 is 0 Å². The van der Waals surface area contributed by atoms with E-state index in [2.05, 4.69) is 5.32 Å². The van der Waals surface area contributed by atoms with Crippen LogP contribution in [-0.2, 0) is 14.4 Å². The van der Waals surface area contributed by atoms with Crippen LogP contribution in [0.25, 0.3) is 0 Å². The third kappa shape index (κ3) is 3.68. The summed E-state index contributed by atoms with van der Waals surface area (Å²) in [6.45, 7) is 6.49. The second kappa shape index (κ2) is 6.54. The number of rotatable bonds is 6. The fraction of sp³-hybridized carbons (Fsp3) is 0.769. The minimum Gasteiger partial charge on any atom is -0.480 e. The lowest BCUT2D eigenvalue weighted by Crippen LogP contribution is -2.47. The number of hydrogen-bond acceptors (Lipinski definition) is 3. The summed E-state index contributed by atoms with van der Waals surface area (Å²) in [5.74, 6) is -1.98. The maximum atomic E-state index is 12.0. The van der Waals surface area contributed by atoms with Gasteiger partial charge >= 0.3 is 5.97 Å². The van der Waals surface area contributed by atoms with Crippen LogP contribution >= 0.6 is 0 Å². The lowest BCUT2D eigenvalue weighted by molar-refractivity contribution is -0.143. The molecule has 1 rings (SSSR count). The van der Waals surface area contributed by atoms with Crippen molar-refractivity contribution in [2.75, 3.05) is 13.1 Å². The Bertz CT molecular complexity index is 370. The summed E-state index contributed by atoms with van der Waals surface area (Å²) in [6.07, 6.45) is 0.842. The number of carboxylic acids is 1. The SMILES string of the molecule is CCC(C)[C@H](NC(=O)C1CC(=O)N(CC)C1)C(=O)O. The van der Waals surface area contributed by atoms with Crippen LogP contribution in [0.5, 0.6) is 0 Å². The molecule has 6 heteroatoms. The van der Waals surface area contributed by atoms with E-state index in [1.54, 1.807) is 11.8 Å². The minimum atomic E-state index is -1.03. The molecule has 0 aromatic heterocycles. The van der Waals surface area contributed by atoms with Gasteiger partial charge in [0.2, 0.25) is 11.8 Å². The molecule has 108 valence electrons. The van der Waals surface area contributed by atoms with Crippen molar-refractivity contribution in [1.82, 2.24) is 10.2 Å². The molecule has 2 unspecified atom stereocenters. The van der Waals surface area contributed by atoms with E-state index in [9.17, 15) is 14.4 Å². The molecule has 3 atom stereocenters. The summed E-state index contributed by atoms with van der Waals surface area (Å²) in [5, 5.41) is 11.7. The van der Waals surface area contributed by atoms with Gasteiger partial charge in [-0.25, -0.2) is 4.79 Å². The number of carbonyl (C=O) groups excluding carboxylic acids is 2. The number of hydrogen-bond donors (Lipinski definition) is 2. The van der Waals surface area contributed by atoms with Crippen molar-refractivity contribution in [3.8, 4) is 0 Å². The minimum absolute atomic E-state index is 0.0435. The third-order valence-corrected chi connectivity index (χ3v) is 3.74. The summed E-state index contributed by atoms with van der Waals surface area (Å²) in [7, 11) is 0. The maximum Gasteiger partial charge on any atom is 0.326 e. The molecule has 1 heterocycles. The summed E-state index contributed by atoms with van der Waals surface area (Å²) >= 11 is 0. The predicted molar refractivity (Wildman–Crippen MR) is 69.4 cm³/mol. The lowest BCUT2D eigenvalue weighted by atomic mass is 9.98. The molecular formula is C13H22N2O4. The Morgan fingerprint density at radius 3 is 2.53 bits per heavy atom. The smallest absolute Gasteiger partial charge is 0.326 e. The van der Waals surface area contributed by atoms with E-state index < -0.39 is 17.9 Å². The highest BCUT2D eigenvalue weighted by molar-refractivity contribution is 5.91. The van der Waals surface area contributed by atoms with E-state index in [1.807, 2.05) is 13.8 Å². The molecule has 2 amide bonds. The van der Waals surface area contributed by atoms with Gasteiger partial charge in [0.15, 0.2) is 0 Å². The second-order valence-corrected chi connectivity index (χ2v) is 5.04. The first-order valence-electron chi connectivity index (χ1n) is 6.71. The second-order valence-electron chi connectivity index (χ2n) is 5.04. The molecule has 1 fully saturated rings. The van der Waals surface area contributed by atoms with Crippen LogP contribution in [0.4, 0.5) is 0 Å². The summed E-state index contributed by atoms with van der Waals surface area (Å²) in [5.41, 5.74) is 0. The molecule has 1 aliphatic rings. The van der Waals surface area contributed by atoms with Crippen LogP contribution in [0.2, 0.25) is 0 Å². The van der Waals surface area contributed by atoms with Crippen molar-refractivity contribution in [2.45, 2.75) is 39.7 Å². The summed E-state index contributed by atoms with van der Waals surface area (Å²) < 4.78 is 0. The van der Waals surface area contributed by atoms with Gasteiger partial charge in [-0.05, 0) is 12.8 Å². The molecule has 0 aromatic rings. The number of aliphatic carboxylic acids is 1. The molecule has 1 saturated heterocycles. The molecule has 1 aliphatic heterocycles. The molecule has 19 heavy (non-hydrogen) atoms. The van der Waals surface area contributed by atoms with Gasteiger partial charge in [0.05, 0.1) is 5.92 Å². The Labute approximate surface area is 113 Å². The molecule has 0 bridgehead atoms. The highest BCUT2D eigenvalue weighted by Gasteiger charge is 2.35. The number of carbonyl (C=O) groups is 3. The van der Waals surface area contributed by atoms with E-state index in [0.717, 1.165) is 0 Å². The molecule has 0 aromatic carbocycles. The first-order chi connectivity index (χ1) is 8.90. The largest absolute Gasteiger partial charge is 0.480 e. The normalized spacial score (nSPS) is 22.2. The van der Waals surface area contributed by atoms with Crippen LogP contribution < -0.4 is 5.32 Å². The Balaban J connectivity index is 2.63. The maximum absolute atomic E-state index is 12.0. The Hall–Kier alpha value is -1.59. The molecular weight excluding hydrogens is 248 g/mol. The van der Waals surface area contributed by atoms with Crippen molar-refractivity contribution in [2.24, 2.45) is 11.8 Å². The van der Waals surface area contributed by atoms with Gasteiger partial charge in [0, 0.05) is 19.5 Å². The van der Waals surface area contributed by atoms with E-state index in [4.69, 9.17) is 5.11 Å². The van der Waals surface area contributed by atoms with Crippen molar-refractivity contribution < 1.29 is 19.5 Å². The molecule has 0 aliphatic carbocycles. The van der Waals surface area contributed by atoms with Gasteiger partial charge in [-0.3, -0.25) is 9.59 Å². The summed E-state index contributed by atoms with van der Waals surface area (Å²) in [6, 6.07) is -0.886. The van der Waals surface area contributed by atoms with Gasteiger partial charge in [-0.2, -0.15) is 0 Å². The van der Waals surface area contributed by atoms with Crippen molar-refractivity contribution in [3.05, 3.63) is 0 Å². The average molecular weight is 270 g/mol. The van der Waals surface area contributed by atoms with Crippen LogP contribution in [0.15, 0.2) is 0 Å². The zero-order valence-corrected chi connectivity index (χ0v) is 11.7. The van der Waals surface area contributed by atoms with E-state index in [0.29, 0.717) is 19.5 Å². The quantitative estimate of drug-likeness (QED) is 0.734. The molecule has 6 nitrogen and oxygen atoms in total. The Morgan fingerprint density at radius 1 is 1.47 bits per heavy atom. The van der Waals surface area contributed by atoms with E-state index in [1.165, 1.54) is 0 Å². The van der Waals surface area contributed by atoms with Crippen LogP contribution in [0.3, 0.4) is 0 Å². The Morgan fingerprint density at radius 2 is 2.11 bits per heavy atom. The third-order valence-electron chi connectivity index (χ3n) is 3.74. The monoisotopic (exact) mass is 270 g/mol. The lowest BCUT2D eigenvalue weighted by Gasteiger charge is -2.22. The highest BCUT2D eigenvalue weighted by atomic mass is 16.4. The van der Waals surface area contributed by atoms with Crippen LogP contribution in [-0.4, -0.2) is 46.9 Å². The first-order valence-corrected chi connectivity index (χ1v) is 6.71. The van der Waals surface area contributed by atoms with E-state index in [-0.39, 0.29) is 24.2 Å². The number of nitrogens with one attached hydrogen (secondary N) is 1.